The average Bonchev–Trinajstić information content (AvgIpc) is 2.53. The van der Waals surface area contributed by atoms with Crippen LogP contribution in [0.25, 0.3) is 0 Å². The number of aliphatic hydroxyl groups is 1. The molecule has 3 atom stereocenters. The largest absolute Gasteiger partial charge is 0.385 e. The van der Waals surface area contributed by atoms with Gasteiger partial charge in [0.2, 0.25) is 0 Å². The lowest BCUT2D eigenvalue weighted by Crippen LogP contribution is -2.52. The average molecular weight is 293 g/mol. The van der Waals surface area contributed by atoms with Gasteiger partial charge in [0.1, 0.15) is 5.82 Å². The molecule has 21 heavy (non-hydrogen) atoms. The van der Waals surface area contributed by atoms with Gasteiger partial charge in [0.15, 0.2) is 0 Å². The highest BCUT2D eigenvalue weighted by Crippen LogP contribution is 2.53. The summed E-state index contributed by atoms with van der Waals surface area (Å²) in [6.45, 7) is 4.62. The molecule has 0 bridgehead atoms. The molecule has 2 rings (SSSR count). The van der Waals surface area contributed by atoms with Crippen molar-refractivity contribution in [1.82, 2.24) is 0 Å². The number of rotatable bonds is 5. The third kappa shape index (κ3) is 2.86. The van der Waals surface area contributed by atoms with Crippen LogP contribution < -0.4 is 5.73 Å². The molecule has 3 N–H and O–H groups in total. The van der Waals surface area contributed by atoms with Crippen LogP contribution in [0.2, 0.25) is 0 Å². The van der Waals surface area contributed by atoms with Crippen LogP contribution in [0.4, 0.5) is 4.39 Å². The molecule has 0 spiro atoms. The lowest BCUT2D eigenvalue weighted by molar-refractivity contribution is -0.119. The lowest BCUT2D eigenvalue weighted by Gasteiger charge is -2.51. The summed E-state index contributed by atoms with van der Waals surface area (Å²) in [5.41, 5.74) is 5.43. The van der Waals surface area contributed by atoms with Gasteiger partial charge in [0, 0.05) is 12.0 Å². The number of halogens is 1. The van der Waals surface area contributed by atoms with E-state index >= 15 is 0 Å². The van der Waals surface area contributed by atoms with Crippen molar-refractivity contribution in [1.29, 1.82) is 0 Å². The third-order valence-electron chi connectivity index (χ3n) is 5.61. The summed E-state index contributed by atoms with van der Waals surface area (Å²) in [5.74, 6) is 0.309. The van der Waals surface area contributed by atoms with Crippen LogP contribution in [0.1, 0.15) is 57.9 Å². The van der Waals surface area contributed by atoms with Gasteiger partial charge in [-0.2, -0.15) is 0 Å². The Hall–Kier alpha value is -0.930. The highest BCUT2D eigenvalue weighted by atomic mass is 19.1. The summed E-state index contributed by atoms with van der Waals surface area (Å²) in [5, 5.41) is 11.5. The van der Waals surface area contributed by atoms with Gasteiger partial charge in [-0.05, 0) is 42.9 Å². The summed E-state index contributed by atoms with van der Waals surface area (Å²) in [4.78, 5) is 0. The molecule has 0 aromatic heterocycles. The lowest BCUT2D eigenvalue weighted by atomic mass is 9.57. The summed E-state index contributed by atoms with van der Waals surface area (Å²) in [6, 6.07) is 6.40. The highest BCUT2D eigenvalue weighted by Gasteiger charge is 2.51. The van der Waals surface area contributed by atoms with Gasteiger partial charge in [-0.25, -0.2) is 4.39 Å². The molecular weight excluding hydrogens is 265 g/mol. The van der Waals surface area contributed by atoms with Crippen LogP contribution in [0.5, 0.6) is 0 Å². The monoisotopic (exact) mass is 293 g/mol. The van der Waals surface area contributed by atoms with E-state index in [1.165, 1.54) is 18.6 Å². The maximum Gasteiger partial charge on any atom is 0.123 e. The molecule has 1 aromatic rings. The van der Waals surface area contributed by atoms with Crippen molar-refractivity contribution < 1.29 is 9.50 Å². The van der Waals surface area contributed by atoms with E-state index in [9.17, 15) is 9.50 Å². The van der Waals surface area contributed by atoms with Crippen molar-refractivity contribution in [2.24, 2.45) is 17.1 Å². The molecule has 0 heterocycles. The fraction of sp³-hybridized carbons (Fsp3) is 0.667. The van der Waals surface area contributed by atoms with E-state index in [2.05, 4.69) is 6.92 Å². The third-order valence-corrected chi connectivity index (χ3v) is 5.61. The predicted molar refractivity (Wildman–Crippen MR) is 84.3 cm³/mol. The minimum atomic E-state index is -1.04. The van der Waals surface area contributed by atoms with Crippen molar-refractivity contribution in [3.05, 3.63) is 35.6 Å². The highest BCUT2D eigenvalue weighted by molar-refractivity contribution is 5.27. The van der Waals surface area contributed by atoms with E-state index in [0.29, 0.717) is 24.4 Å². The van der Waals surface area contributed by atoms with Gasteiger partial charge in [0.05, 0.1) is 5.60 Å². The Labute approximate surface area is 127 Å². The van der Waals surface area contributed by atoms with Crippen LogP contribution >= 0.6 is 0 Å². The first-order chi connectivity index (χ1) is 10.0. The van der Waals surface area contributed by atoms with E-state index in [1.807, 2.05) is 13.0 Å². The van der Waals surface area contributed by atoms with Crippen molar-refractivity contribution in [3.63, 3.8) is 0 Å². The molecule has 1 aliphatic rings. The second kappa shape index (κ2) is 6.45. The van der Waals surface area contributed by atoms with Gasteiger partial charge < -0.3 is 10.8 Å². The van der Waals surface area contributed by atoms with Crippen molar-refractivity contribution in [3.8, 4) is 0 Å². The Balaban J connectivity index is 2.45. The van der Waals surface area contributed by atoms with Gasteiger partial charge in [0.25, 0.3) is 0 Å². The van der Waals surface area contributed by atoms with Gasteiger partial charge in [-0.15, -0.1) is 0 Å². The SMILES string of the molecule is CCC1CCCC(CN)(C(O)(CC)c2cccc(F)c2)C1. The topological polar surface area (TPSA) is 46.2 Å². The zero-order valence-electron chi connectivity index (χ0n) is 13.2. The summed E-state index contributed by atoms with van der Waals surface area (Å²) < 4.78 is 13.6. The number of benzene rings is 1. The van der Waals surface area contributed by atoms with Crippen LogP contribution in [-0.2, 0) is 5.60 Å². The summed E-state index contributed by atoms with van der Waals surface area (Å²) in [6.07, 6.45) is 5.82. The van der Waals surface area contributed by atoms with Crippen LogP contribution in [0, 0.1) is 17.2 Å². The van der Waals surface area contributed by atoms with Gasteiger partial charge in [-0.3, -0.25) is 0 Å². The molecule has 0 aliphatic heterocycles. The number of hydrogen-bond donors (Lipinski definition) is 2. The molecule has 3 unspecified atom stereocenters. The Bertz CT molecular complexity index is 478. The molecule has 1 aliphatic carbocycles. The van der Waals surface area contributed by atoms with Gasteiger partial charge >= 0.3 is 0 Å². The normalized spacial score (nSPS) is 29.1. The quantitative estimate of drug-likeness (QED) is 0.863. The molecule has 3 heteroatoms. The van der Waals surface area contributed by atoms with Crippen LogP contribution in [0.15, 0.2) is 24.3 Å². The fourth-order valence-electron chi connectivity index (χ4n) is 4.20. The summed E-state index contributed by atoms with van der Waals surface area (Å²) in [7, 11) is 0. The molecular formula is C18H28FNO. The smallest absolute Gasteiger partial charge is 0.123 e. The van der Waals surface area contributed by atoms with E-state index < -0.39 is 5.60 Å². The predicted octanol–water partition coefficient (Wildman–Crippen LogP) is 3.97. The first-order valence-electron chi connectivity index (χ1n) is 8.20. The second-order valence-electron chi connectivity index (χ2n) is 6.58. The molecule has 1 fully saturated rings. The zero-order chi connectivity index (χ0) is 15.5. The molecule has 118 valence electrons. The van der Waals surface area contributed by atoms with Gasteiger partial charge in [-0.1, -0.05) is 45.2 Å². The molecule has 1 saturated carbocycles. The molecule has 0 saturated heterocycles. The molecule has 0 amide bonds. The zero-order valence-corrected chi connectivity index (χ0v) is 13.2. The van der Waals surface area contributed by atoms with Crippen molar-refractivity contribution in [2.75, 3.05) is 6.54 Å². The van der Waals surface area contributed by atoms with Crippen molar-refractivity contribution >= 4 is 0 Å². The minimum absolute atomic E-state index is 0.297. The maximum absolute atomic E-state index is 13.6. The minimum Gasteiger partial charge on any atom is -0.385 e. The second-order valence-corrected chi connectivity index (χ2v) is 6.58. The Morgan fingerprint density at radius 2 is 2.19 bits per heavy atom. The van der Waals surface area contributed by atoms with E-state index in [-0.39, 0.29) is 11.2 Å². The van der Waals surface area contributed by atoms with Crippen LogP contribution in [0.3, 0.4) is 0 Å². The van der Waals surface area contributed by atoms with Crippen LogP contribution in [-0.4, -0.2) is 11.7 Å². The standard InChI is InChI=1S/C18H28FNO/c1-3-14-7-6-10-17(12-14,13-20)18(21,4-2)15-8-5-9-16(19)11-15/h5,8-9,11,14,21H,3-4,6-7,10,12-13,20H2,1-2H3. The number of hydrogen-bond acceptors (Lipinski definition) is 2. The molecule has 1 aromatic carbocycles. The first kappa shape index (κ1) is 16.4. The molecule has 0 radical (unpaired) electrons. The summed E-state index contributed by atoms with van der Waals surface area (Å²) >= 11 is 0. The fourth-order valence-corrected chi connectivity index (χ4v) is 4.20. The molecule has 2 nitrogen and oxygen atoms in total. The van der Waals surface area contributed by atoms with E-state index in [1.54, 1.807) is 6.07 Å². The maximum atomic E-state index is 13.6. The first-order valence-corrected chi connectivity index (χ1v) is 8.20. The van der Waals surface area contributed by atoms with E-state index in [0.717, 1.165) is 25.7 Å². The Kier molecular flexibility index (Phi) is 5.05. The van der Waals surface area contributed by atoms with E-state index in [4.69, 9.17) is 5.73 Å². The number of nitrogens with two attached hydrogens (primary N) is 1. The Morgan fingerprint density at radius 3 is 2.76 bits per heavy atom. The Morgan fingerprint density at radius 1 is 1.43 bits per heavy atom. The van der Waals surface area contributed by atoms with Crippen molar-refractivity contribution in [2.45, 2.75) is 58.0 Å².